The van der Waals surface area contributed by atoms with Gasteiger partial charge in [0.05, 0.1) is 6.20 Å². The van der Waals surface area contributed by atoms with Gasteiger partial charge in [-0.25, -0.2) is 4.39 Å². The van der Waals surface area contributed by atoms with E-state index >= 15 is 0 Å². The molecule has 0 fully saturated rings. The number of hydrogen-bond donors (Lipinski definition) is 1. The molecule has 1 aromatic heterocycles. The van der Waals surface area contributed by atoms with Gasteiger partial charge in [-0.1, -0.05) is 26.0 Å². The van der Waals surface area contributed by atoms with E-state index in [0.717, 1.165) is 19.5 Å². The maximum absolute atomic E-state index is 13.1. The van der Waals surface area contributed by atoms with Crippen molar-refractivity contribution in [1.82, 2.24) is 10.3 Å². The fraction of sp³-hybridized carbons (Fsp3) is 0.462. The minimum Gasteiger partial charge on any atom is -0.316 e. The molecule has 0 saturated heterocycles. The summed E-state index contributed by atoms with van der Waals surface area (Å²) in [5.41, 5.74) is 0.596. The Kier molecular flexibility index (Phi) is 5.72. The molecule has 0 aliphatic heterocycles. The first-order valence-corrected chi connectivity index (χ1v) is 5.67. The van der Waals surface area contributed by atoms with Crippen molar-refractivity contribution in [3.05, 3.63) is 35.9 Å². The highest BCUT2D eigenvalue weighted by Gasteiger charge is 1.95. The molecule has 1 rings (SSSR count). The summed E-state index contributed by atoms with van der Waals surface area (Å²) in [6.07, 6.45) is 7.52. The van der Waals surface area contributed by atoms with Gasteiger partial charge in [0.25, 0.3) is 0 Å². The average Bonchev–Trinajstić information content (AvgIpc) is 2.25. The van der Waals surface area contributed by atoms with Gasteiger partial charge in [0.2, 0.25) is 0 Å². The highest BCUT2D eigenvalue weighted by atomic mass is 19.1. The standard InChI is InChI=1S/C13H19FN2/c1-11(2)9-15-7-4-3-5-12-6-8-16-10-13(12)14/h3,5-6,8,10-11,15H,4,7,9H2,1-2H3/b5-3+. The van der Waals surface area contributed by atoms with Crippen LogP contribution < -0.4 is 5.32 Å². The summed E-state index contributed by atoms with van der Waals surface area (Å²) in [6, 6.07) is 1.67. The van der Waals surface area contributed by atoms with Gasteiger partial charge in [-0.3, -0.25) is 4.98 Å². The summed E-state index contributed by atoms with van der Waals surface area (Å²) in [5, 5.41) is 3.33. The number of pyridine rings is 1. The maximum Gasteiger partial charge on any atom is 0.148 e. The molecule has 16 heavy (non-hydrogen) atoms. The second-order valence-corrected chi connectivity index (χ2v) is 4.19. The molecule has 1 heterocycles. The maximum atomic E-state index is 13.1. The van der Waals surface area contributed by atoms with E-state index in [1.165, 1.54) is 6.20 Å². The molecule has 88 valence electrons. The Morgan fingerprint density at radius 3 is 3.00 bits per heavy atom. The zero-order valence-electron chi connectivity index (χ0n) is 9.91. The Morgan fingerprint density at radius 1 is 1.50 bits per heavy atom. The summed E-state index contributed by atoms with van der Waals surface area (Å²) >= 11 is 0. The molecule has 0 aliphatic rings. The smallest absolute Gasteiger partial charge is 0.148 e. The fourth-order valence-corrected chi connectivity index (χ4v) is 1.31. The minimum absolute atomic E-state index is 0.270. The molecule has 2 nitrogen and oxygen atoms in total. The number of aromatic nitrogens is 1. The summed E-state index contributed by atoms with van der Waals surface area (Å²) in [4.78, 5) is 3.70. The minimum atomic E-state index is -0.270. The van der Waals surface area contributed by atoms with E-state index in [9.17, 15) is 4.39 Å². The molecule has 0 saturated carbocycles. The lowest BCUT2D eigenvalue weighted by Crippen LogP contribution is -2.20. The van der Waals surface area contributed by atoms with Crippen LogP contribution >= 0.6 is 0 Å². The third kappa shape index (κ3) is 5.03. The zero-order valence-corrected chi connectivity index (χ0v) is 9.91. The van der Waals surface area contributed by atoms with Gasteiger partial charge in [0, 0.05) is 11.8 Å². The Hall–Kier alpha value is -1.22. The quantitative estimate of drug-likeness (QED) is 0.749. The lowest BCUT2D eigenvalue weighted by Gasteiger charge is -2.04. The topological polar surface area (TPSA) is 24.9 Å². The number of nitrogens with one attached hydrogen (secondary N) is 1. The lowest BCUT2D eigenvalue weighted by atomic mass is 10.2. The van der Waals surface area contributed by atoms with Crippen molar-refractivity contribution in [1.29, 1.82) is 0 Å². The fourth-order valence-electron chi connectivity index (χ4n) is 1.31. The Labute approximate surface area is 96.6 Å². The molecular formula is C13H19FN2. The van der Waals surface area contributed by atoms with Gasteiger partial charge in [-0.05, 0) is 31.5 Å². The van der Waals surface area contributed by atoms with Crippen LogP contribution in [0.4, 0.5) is 4.39 Å². The molecule has 0 spiro atoms. The predicted molar refractivity (Wildman–Crippen MR) is 65.6 cm³/mol. The summed E-state index contributed by atoms with van der Waals surface area (Å²) in [5.74, 6) is 0.399. The van der Waals surface area contributed by atoms with E-state index in [-0.39, 0.29) is 5.82 Å². The molecule has 0 amide bonds. The normalized spacial score (nSPS) is 11.5. The Balaban J connectivity index is 2.25. The number of nitrogens with zero attached hydrogens (tertiary/aromatic N) is 1. The Morgan fingerprint density at radius 2 is 2.31 bits per heavy atom. The molecule has 3 heteroatoms. The van der Waals surface area contributed by atoms with Crippen molar-refractivity contribution in [2.24, 2.45) is 5.92 Å². The van der Waals surface area contributed by atoms with Crippen LogP contribution in [0.25, 0.3) is 6.08 Å². The van der Waals surface area contributed by atoms with Crippen molar-refractivity contribution in [2.75, 3.05) is 13.1 Å². The Bertz CT molecular complexity index is 334. The average molecular weight is 222 g/mol. The molecular weight excluding hydrogens is 203 g/mol. The van der Waals surface area contributed by atoms with Crippen LogP contribution in [-0.4, -0.2) is 18.1 Å². The van der Waals surface area contributed by atoms with Gasteiger partial charge < -0.3 is 5.32 Å². The van der Waals surface area contributed by atoms with Crippen molar-refractivity contribution in [3.8, 4) is 0 Å². The molecule has 0 atom stereocenters. The molecule has 0 aromatic carbocycles. The molecule has 1 N–H and O–H groups in total. The van der Waals surface area contributed by atoms with Gasteiger partial charge in [0.1, 0.15) is 5.82 Å². The summed E-state index contributed by atoms with van der Waals surface area (Å²) < 4.78 is 13.1. The van der Waals surface area contributed by atoms with Crippen molar-refractivity contribution < 1.29 is 4.39 Å². The van der Waals surface area contributed by atoms with Crippen LogP contribution in [0.3, 0.4) is 0 Å². The first-order chi connectivity index (χ1) is 7.70. The van der Waals surface area contributed by atoms with Gasteiger partial charge in [-0.15, -0.1) is 0 Å². The van der Waals surface area contributed by atoms with Crippen LogP contribution in [0.5, 0.6) is 0 Å². The summed E-state index contributed by atoms with van der Waals surface area (Å²) in [6.45, 7) is 6.31. The van der Waals surface area contributed by atoms with Gasteiger partial charge >= 0.3 is 0 Å². The van der Waals surface area contributed by atoms with Crippen LogP contribution in [0.2, 0.25) is 0 Å². The van der Waals surface area contributed by atoms with Crippen LogP contribution in [-0.2, 0) is 0 Å². The van der Waals surface area contributed by atoms with E-state index in [0.29, 0.717) is 11.5 Å². The predicted octanol–water partition coefficient (Wildman–Crippen LogP) is 2.87. The molecule has 1 aromatic rings. The first kappa shape index (κ1) is 12.8. The van der Waals surface area contributed by atoms with E-state index in [1.807, 2.05) is 6.08 Å². The van der Waals surface area contributed by atoms with E-state index in [2.05, 4.69) is 24.1 Å². The van der Waals surface area contributed by atoms with Crippen LogP contribution in [0.15, 0.2) is 24.5 Å². The van der Waals surface area contributed by atoms with E-state index in [4.69, 9.17) is 0 Å². The molecule has 0 radical (unpaired) electrons. The van der Waals surface area contributed by atoms with Crippen LogP contribution in [0.1, 0.15) is 25.8 Å². The molecule has 0 aliphatic carbocycles. The third-order valence-electron chi connectivity index (χ3n) is 2.14. The van der Waals surface area contributed by atoms with Crippen molar-refractivity contribution in [2.45, 2.75) is 20.3 Å². The second-order valence-electron chi connectivity index (χ2n) is 4.19. The lowest BCUT2D eigenvalue weighted by molar-refractivity contribution is 0.557. The number of halogens is 1. The first-order valence-electron chi connectivity index (χ1n) is 5.67. The summed E-state index contributed by atoms with van der Waals surface area (Å²) in [7, 11) is 0. The van der Waals surface area contributed by atoms with E-state index < -0.39 is 0 Å². The highest BCUT2D eigenvalue weighted by Crippen LogP contribution is 2.06. The molecule has 0 bridgehead atoms. The highest BCUT2D eigenvalue weighted by molar-refractivity contribution is 5.48. The SMILES string of the molecule is CC(C)CNCC/C=C/c1ccncc1F. The van der Waals surface area contributed by atoms with Crippen LogP contribution in [0, 0.1) is 11.7 Å². The molecule has 0 unspecified atom stereocenters. The van der Waals surface area contributed by atoms with Gasteiger partial charge in [0.15, 0.2) is 0 Å². The second kappa shape index (κ2) is 7.12. The van der Waals surface area contributed by atoms with Crippen molar-refractivity contribution in [3.63, 3.8) is 0 Å². The largest absolute Gasteiger partial charge is 0.316 e. The van der Waals surface area contributed by atoms with Gasteiger partial charge in [-0.2, -0.15) is 0 Å². The monoisotopic (exact) mass is 222 g/mol. The number of rotatable bonds is 6. The third-order valence-corrected chi connectivity index (χ3v) is 2.14. The van der Waals surface area contributed by atoms with Crippen molar-refractivity contribution >= 4 is 6.08 Å². The zero-order chi connectivity index (χ0) is 11.8. The number of hydrogen-bond acceptors (Lipinski definition) is 2. The van der Waals surface area contributed by atoms with E-state index in [1.54, 1.807) is 18.3 Å².